The number of rotatable bonds is 5. The van der Waals surface area contributed by atoms with Gasteiger partial charge in [-0.1, -0.05) is 48.5 Å². The first-order valence-corrected chi connectivity index (χ1v) is 7.99. The van der Waals surface area contributed by atoms with Crippen LogP contribution in [0.3, 0.4) is 0 Å². The number of hydrogen-bond acceptors (Lipinski definition) is 3. The van der Waals surface area contributed by atoms with Crippen molar-refractivity contribution in [3.63, 3.8) is 0 Å². The van der Waals surface area contributed by atoms with Crippen molar-refractivity contribution in [3.05, 3.63) is 10.0 Å². The van der Waals surface area contributed by atoms with Gasteiger partial charge in [-0.05, 0) is 18.8 Å². The van der Waals surface area contributed by atoms with Gasteiger partial charge in [-0.25, -0.2) is 0 Å². The fourth-order valence-electron chi connectivity index (χ4n) is 2.30. The van der Waals surface area contributed by atoms with E-state index in [0.717, 1.165) is 23.8 Å². The van der Waals surface area contributed by atoms with Gasteiger partial charge in [0.25, 0.3) is 0 Å². The van der Waals surface area contributed by atoms with Crippen LogP contribution in [-0.4, -0.2) is 10.2 Å². The Kier molecular flexibility index (Phi) is 4.77. The highest BCUT2D eigenvalue weighted by atomic mass is 79.9. The van der Waals surface area contributed by atoms with Crippen LogP contribution >= 0.6 is 27.3 Å². The quantitative estimate of drug-likeness (QED) is 0.748. The zero-order chi connectivity index (χ0) is 11.4. The maximum absolute atomic E-state index is 4.28. The Hall–Kier alpha value is 0.0400. The minimum atomic E-state index is 0.394. The van der Waals surface area contributed by atoms with Crippen molar-refractivity contribution in [2.75, 3.05) is 0 Å². The molecule has 0 amide bonds. The van der Waals surface area contributed by atoms with E-state index in [2.05, 4.69) is 33.1 Å². The lowest BCUT2D eigenvalue weighted by Crippen LogP contribution is -1.95. The summed E-state index contributed by atoms with van der Waals surface area (Å²) in [6, 6.07) is 0. The fraction of sp³-hybridized carbons (Fsp3) is 0.833. The molecule has 90 valence electrons. The summed E-state index contributed by atoms with van der Waals surface area (Å²) < 4.78 is 0. The Bertz CT molecular complexity index is 321. The molecule has 0 spiro atoms. The van der Waals surface area contributed by atoms with Crippen LogP contribution < -0.4 is 0 Å². The smallest absolute Gasteiger partial charge is 0.131 e. The molecule has 0 aliphatic heterocycles. The Balaban J connectivity index is 1.82. The number of aromatic nitrogens is 2. The van der Waals surface area contributed by atoms with E-state index in [1.807, 2.05) is 0 Å². The number of halogens is 1. The van der Waals surface area contributed by atoms with Gasteiger partial charge in [-0.3, -0.25) is 0 Å². The van der Waals surface area contributed by atoms with Gasteiger partial charge < -0.3 is 0 Å². The van der Waals surface area contributed by atoms with Crippen LogP contribution in [0.2, 0.25) is 0 Å². The second-order valence-electron chi connectivity index (χ2n) is 4.60. The van der Waals surface area contributed by atoms with E-state index in [-0.39, 0.29) is 0 Å². The largest absolute Gasteiger partial charge is 0.144 e. The van der Waals surface area contributed by atoms with Crippen molar-refractivity contribution in [2.45, 2.75) is 56.7 Å². The average molecular weight is 303 g/mol. The van der Waals surface area contributed by atoms with E-state index in [1.165, 1.54) is 37.1 Å². The van der Waals surface area contributed by atoms with Crippen molar-refractivity contribution in [2.24, 2.45) is 5.92 Å². The Morgan fingerprint density at radius 1 is 1.38 bits per heavy atom. The van der Waals surface area contributed by atoms with E-state index < -0.39 is 0 Å². The van der Waals surface area contributed by atoms with Gasteiger partial charge in [0.05, 0.1) is 4.83 Å². The van der Waals surface area contributed by atoms with Crippen LogP contribution in [0.15, 0.2) is 0 Å². The number of aryl methyl sites for hydroxylation is 1. The summed E-state index contributed by atoms with van der Waals surface area (Å²) in [4.78, 5) is 0.394. The van der Waals surface area contributed by atoms with Gasteiger partial charge in [0.15, 0.2) is 0 Å². The lowest BCUT2D eigenvalue weighted by Gasteiger charge is -2.05. The summed E-state index contributed by atoms with van der Waals surface area (Å²) in [5, 5.41) is 10.9. The first-order valence-electron chi connectivity index (χ1n) is 6.26. The molecular weight excluding hydrogens is 284 g/mol. The highest BCUT2D eigenvalue weighted by Gasteiger charge is 2.16. The van der Waals surface area contributed by atoms with E-state index in [1.54, 1.807) is 11.3 Å². The Morgan fingerprint density at radius 2 is 2.12 bits per heavy atom. The fourth-order valence-corrected chi connectivity index (χ4v) is 3.59. The van der Waals surface area contributed by atoms with Gasteiger partial charge >= 0.3 is 0 Å². The van der Waals surface area contributed by atoms with Crippen LogP contribution in [0, 0.1) is 5.92 Å². The molecule has 2 rings (SSSR count). The zero-order valence-corrected chi connectivity index (χ0v) is 12.2. The summed E-state index contributed by atoms with van der Waals surface area (Å²) in [6.45, 7) is 2.17. The van der Waals surface area contributed by atoms with Gasteiger partial charge in [0.1, 0.15) is 10.0 Å². The van der Waals surface area contributed by atoms with Crippen LogP contribution in [0.1, 0.15) is 60.3 Å². The topological polar surface area (TPSA) is 25.8 Å². The van der Waals surface area contributed by atoms with Crippen molar-refractivity contribution < 1.29 is 0 Å². The number of nitrogens with zero attached hydrogens (tertiary/aromatic N) is 2. The summed E-state index contributed by atoms with van der Waals surface area (Å²) in [5.74, 6) is 0.957. The second-order valence-corrected chi connectivity index (χ2v) is 6.80. The predicted molar refractivity (Wildman–Crippen MR) is 72.1 cm³/mol. The van der Waals surface area contributed by atoms with Crippen LogP contribution in [0.4, 0.5) is 0 Å². The second kappa shape index (κ2) is 6.10. The molecular formula is C12H19BrN2S. The molecule has 1 fully saturated rings. The first-order chi connectivity index (χ1) is 7.79. The maximum atomic E-state index is 4.28. The summed E-state index contributed by atoms with van der Waals surface area (Å²) in [7, 11) is 0. The molecule has 1 atom stereocenters. The first kappa shape index (κ1) is 12.5. The molecule has 1 heterocycles. The molecule has 1 unspecified atom stereocenters. The van der Waals surface area contributed by atoms with Crippen molar-refractivity contribution in [1.82, 2.24) is 10.2 Å². The van der Waals surface area contributed by atoms with Gasteiger partial charge in [0.2, 0.25) is 0 Å². The molecule has 4 heteroatoms. The van der Waals surface area contributed by atoms with Gasteiger partial charge in [-0.2, -0.15) is 0 Å². The molecule has 0 aromatic carbocycles. The van der Waals surface area contributed by atoms with E-state index in [0.29, 0.717) is 4.83 Å². The molecule has 1 aliphatic rings. The third-order valence-electron chi connectivity index (χ3n) is 3.35. The molecule has 1 saturated carbocycles. The van der Waals surface area contributed by atoms with Crippen molar-refractivity contribution in [3.8, 4) is 0 Å². The average Bonchev–Trinajstić information content (AvgIpc) is 2.96. The van der Waals surface area contributed by atoms with E-state index in [9.17, 15) is 0 Å². The molecule has 2 nitrogen and oxygen atoms in total. The third kappa shape index (κ3) is 3.27. The molecule has 0 bridgehead atoms. The van der Waals surface area contributed by atoms with Crippen molar-refractivity contribution >= 4 is 27.3 Å². The lowest BCUT2D eigenvalue weighted by molar-refractivity contribution is 0.502. The SMILES string of the molecule is CCC(Br)c1nnc(CCC2CCCC2)s1. The molecule has 0 radical (unpaired) electrons. The third-order valence-corrected chi connectivity index (χ3v) is 5.83. The highest BCUT2D eigenvalue weighted by Crippen LogP contribution is 2.31. The zero-order valence-electron chi connectivity index (χ0n) is 9.79. The minimum absolute atomic E-state index is 0.394. The van der Waals surface area contributed by atoms with E-state index >= 15 is 0 Å². The highest BCUT2D eigenvalue weighted by molar-refractivity contribution is 9.09. The van der Waals surface area contributed by atoms with Gasteiger partial charge in [0, 0.05) is 6.42 Å². The Morgan fingerprint density at radius 3 is 2.81 bits per heavy atom. The molecule has 0 N–H and O–H groups in total. The monoisotopic (exact) mass is 302 g/mol. The molecule has 1 aliphatic carbocycles. The van der Waals surface area contributed by atoms with Crippen LogP contribution in [0.5, 0.6) is 0 Å². The normalized spacial score (nSPS) is 19.1. The molecule has 1 aromatic heterocycles. The van der Waals surface area contributed by atoms with Crippen LogP contribution in [0.25, 0.3) is 0 Å². The summed E-state index contributed by atoms with van der Waals surface area (Å²) >= 11 is 5.40. The number of hydrogen-bond donors (Lipinski definition) is 0. The standard InChI is InChI=1S/C12H19BrN2S/c1-2-10(13)12-15-14-11(16-12)8-7-9-5-3-4-6-9/h9-10H,2-8H2,1H3. The Labute approximate surface area is 110 Å². The number of alkyl halides is 1. The molecule has 1 aromatic rings. The minimum Gasteiger partial charge on any atom is -0.144 e. The molecule has 16 heavy (non-hydrogen) atoms. The lowest BCUT2D eigenvalue weighted by atomic mass is 10.0. The summed E-state index contributed by atoms with van der Waals surface area (Å²) in [5.41, 5.74) is 0. The van der Waals surface area contributed by atoms with Gasteiger partial charge in [-0.15, -0.1) is 21.5 Å². The van der Waals surface area contributed by atoms with E-state index in [4.69, 9.17) is 0 Å². The van der Waals surface area contributed by atoms with Crippen LogP contribution in [-0.2, 0) is 6.42 Å². The summed E-state index contributed by atoms with van der Waals surface area (Å²) in [6.07, 6.45) is 9.26. The maximum Gasteiger partial charge on any atom is 0.131 e. The molecule has 0 saturated heterocycles. The predicted octanol–water partition coefficient (Wildman–Crippen LogP) is 4.51. The van der Waals surface area contributed by atoms with Crippen molar-refractivity contribution in [1.29, 1.82) is 0 Å².